The smallest absolute Gasteiger partial charge is 0.00956 e. The monoisotopic (exact) mass is 184 g/mol. The van der Waals surface area contributed by atoms with Crippen molar-refractivity contribution in [2.24, 2.45) is 0 Å². The highest BCUT2D eigenvalue weighted by atomic mass is 15.2. The van der Waals surface area contributed by atoms with Crippen molar-refractivity contribution >= 4 is 0 Å². The fraction of sp³-hybridized carbons (Fsp3) is 1.00. The van der Waals surface area contributed by atoms with Gasteiger partial charge in [0.2, 0.25) is 0 Å². The van der Waals surface area contributed by atoms with E-state index in [4.69, 9.17) is 0 Å². The summed E-state index contributed by atoms with van der Waals surface area (Å²) in [6, 6.07) is 0.882. The third-order valence-corrected chi connectivity index (χ3v) is 3.12. The van der Waals surface area contributed by atoms with E-state index in [1.54, 1.807) is 0 Å². The van der Waals surface area contributed by atoms with Gasteiger partial charge < -0.3 is 10.2 Å². The van der Waals surface area contributed by atoms with Gasteiger partial charge >= 0.3 is 0 Å². The van der Waals surface area contributed by atoms with Gasteiger partial charge in [-0.25, -0.2) is 0 Å². The zero-order valence-corrected chi connectivity index (χ0v) is 9.18. The van der Waals surface area contributed by atoms with Gasteiger partial charge in [-0.15, -0.1) is 0 Å². The van der Waals surface area contributed by atoms with Crippen LogP contribution in [0.5, 0.6) is 0 Å². The molecule has 1 unspecified atom stereocenters. The Morgan fingerprint density at radius 2 is 2.23 bits per heavy atom. The Morgan fingerprint density at radius 1 is 1.38 bits per heavy atom. The highest BCUT2D eigenvalue weighted by molar-refractivity contribution is 4.75. The van der Waals surface area contributed by atoms with Crippen LogP contribution in [0.2, 0.25) is 0 Å². The fourth-order valence-electron chi connectivity index (χ4n) is 2.32. The van der Waals surface area contributed by atoms with Gasteiger partial charge in [-0.2, -0.15) is 0 Å². The molecule has 0 spiro atoms. The van der Waals surface area contributed by atoms with E-state index in [2.05, 4.69) is 17.1 Å². The molecule has 1 heterocycles. The average Bonchev–Trinajstić information content (AvgIpc) is 2.19. The van der Waals surface area contributed by atoms with E-state index in [0.717, 1.165) is 6.04 Å². The largest absolute Gasteiger partial charge is 0.320 e. The van der Waals surface area contributed by atoms with Gasteiger partial charge in [-0.05, 0) is 52.4 Å². The lowest BCUT2D eigenvalue weighted by Crippen LogP contribution is -2.39. The van der Waals surface area contributed by atoms with E-state index in [1.807, 2.05) is 7.05 Å². The average molecular weight is 184 g/mol. The summed E-state index contributed by atoms with van der Waals surface area (Å²) in [5, 5.41) is 3.22. The molecule has 1 atom stereocenters. The molecule has 1 aliphatic rings. The molecule has 78 valence electrons. The maximum atomic E-state index is 3.22. The molecule has 2 nitrogen and oxygen atoms in total. The maximum Gasteiger partial charge on any atom is 0.00956 e. The Bertz CT molecular complexity index is 125. The Labute approximate surface area is 82.7 Å². The Morgan fingerprint density at radius 3 is 2.92 bits per heavy atom. The van der Waals surface area contributed by atoms with Crippen LogP contribution < -0.4 is 5.32 Å². The van der Waals surface area contributed by atoms with Crippen molar-refractivity contribution in [2.75, 3.05) is 26.7 Å². The molecular formula is C11H24N2. The molecule has 1 fully saturated rings. The van der Waals surface area contributed by atoms with Gasteiger partial charge in [-0.3, -0.25) is 0 Å². The molecule has 0 bridgehead atoms. The van der Waals surface area contributed by atoms with Crippen molar-refractivity contribution in [1.82, 2.24) is 10.2 Å². The van der Waals surface area contributed by atoms with E-state index in [1.165, 1.54) is 51.7 Å². The number of nitrogens with zero attached hydrogens (tertiary/aromatic N) is 1. The van der Waals surface area contributed by atoms with Crippen LogP contribution >= 0.6 is 0 Å². The lowest BCUT2D eigenvalue weighted by Gasteiger charge is -2.34. The highest BCUT2D eigenvalue weighted by Gasteiger charge is 2.19. The van der Waals surface area contributed by atoms with Crippen molar-refractivity contribution in [2.45, 2.75) is 45.1 Å². The van der Waals surface area contributed by atoms with Crippen LogP contribution in [0.1, 0.15) is 39.0 Å². The lowest BCUT2D eigenvalue weighted by atomic mass is 9.98. The Balaban J connectivity index is 2.19. The molecule has 1 saturated heterocycles. The van der Waals surface area contributed by atoms with Crippen molar-refractivity contribution in [1.29, 1.82) is 0 Å². The minimum absolute atomic E-state index is 0.882. The third-order valence-electron chi connectivity index (χ3n) is 3.12. The van der Waals surface area contributed by atoms with Gasteiger partial charge in [-0.1, -0.05) is 13.3 Å². The minimum Gasteiger partial charge on any atom is -0.320 e. The summed E-state index contributed by atoms with van der Waals surface area (Å²) in [6.07, 6.45) is 7.00. The van der Waals surface area contributed by atoms with E-state index in [-0.39, 0.29) is 0 Å². The SMILES string of the molecule is CCN1CCCCC1CCCNC. The number of nitrogens with one attached hydrogen (secondary N) is 1. The molecule has 1 rings (SSSR count). The van der Waals surface area contributed by atoms with E-state index in [0.29, 0.717) is 0 Å². The summed E-state index contributed by atoms with van der Waals surface area (Å²) < 4.78 is 0. The van der Waals surface area contributed by atoms with Gasteiger partial charge in [0.15, 0.2) is 0 Å². The second-order valence-corrected chi connectivity index (χ2v) is 4.02. The predicted molar refractivity (Wildman–Crippen MR) is 58.0 cm³/mol. The molecule has 0 radical (unpaired) electrons. The first kappa shape index (κ1) is 11.0. The summed E-state index contributed by atoms with van der Waals surface area (Å²) in [7, 11) is 2.04. The molecule has 0 amide bonds. The summed E-state index contributed by atoms with van der Waals surface area (Å²) >= 11 is 0. The molecular weight excluding hydrogens is 160 g/mol. The standard InChI is InChI=1S/C11H24N2/c1-3-13-10-5-4-7-11(13)8-6-9-12-2/h11-12H,3-10H2,1-2H3. The second-order valence-electron chi connectivity index (χ2n) is 4.02. The molecule has 2 heteroatoms. The topological polar surface area (TPSA) is 15.3 Å². The molecule has 0 aromatic carbocycles. The lowest BCUT2D eigenvalue weighted by molar-refractivity contribution is 0.146. The zero-order valence-electron chi connectivity index (χ0n) is 9.18. The van der Waals surface area contributed by atoms with Crippen LogP contribution in [0, 0.1) is 0 Å². The molecule has 0 saturated carbocycles. The maximum absolute atomic E-state index is 3.22. The predicted octanol–water partition coefficient (Wildman–Crippen LogP) is 1.86. The molecule has 1 N–H and O–H groups in total. The summed E-state index contributed by atoms with van der Waals surface area (Å²) in [6.45, 7) is 6.04. The highest BCUT2D eigenvalue weighted by Crippen LogP contribution is 2.19. The van der Waals surface area contributed by atoms with Gasteiger partial charge in [0, 0.05) is 6.04 Å². The Kier molecular flexibility index (Phi) is 5.40. The molecule has 0 aromatic rings. The molecule has 0 aromatic heterocycles. The van der Waals surface area contributed by atoms with Crippen LogP contribution in [0.25, 0.3) is 0 Å². The summed E-state index contributed by atoms with van der Waals surface area (Å²) in [5.74, 6) is 0. The molecule has 1 aliphatic heterocycles. The van der Waals surface area contributed by atoms with E-state index < -0.39 is 0 Å². The van der Waals surface area contributed by atoms with Crippen LogP contribution in [0.15, 0.2) is 0 Å². The van der Waals surface area contributed by atoms with Crippen molar-refractivity contribution in [3.8, 4) is 0 Å². The number of hydrogen-bond acceptors (Lipinski definition) is 2. The number of rotatable bonds is 5. The number of piperidine rings is 1. The van der Waals surface area contributed by atoms with Crippen LogP contribution in [-0.2, 0) is 0 Å². The fourth-order valence-corrected chi connectivity index (χ4v) is 2.32. The summed E-state index contributed by atoms with van der Waals surface area (Å²) in [5.41, 5.74) is 0. The molecule has 0 aliphatic carbocycles. The normalized spacial score (nSPS) is 24.9. The first-order valence-electron chi connectivity index (χ1n) is 5.77. The van der Waals surface area contributed by atoms with E-state index in [9.17, 15) is 0 Å². The minimum atomic E-state index is 0.882. The quantitative estimate of drug-likeness (QED) is 0.656. The second kappa shape index (κ2) is 6.39. The number of likely N-dealkylation sites (tertiary alicyclic amines) is 1. The van der Waals surface area contributed by atoms with Crippen molar-refractivity contribution in [3.05, 3.63) is 0 Å². The third kappa shape index (κ3) is 3.65. The first-order chi connectivity index (χ1) is 6.38. The van der Waals surface area contributed by atoms with Gasteiger partial charge in [0.25, 0.3) is 0 Å². The number of hydrogen-bond donors (Lipinski definition) is 1. The van der Waals surface area contributed by atoms with E-state index >= 15 is 0 Å². The first-order valence-corrected chi connectivity index (χ1v) is 5.77. The van der Waals surface area contributed by atoms with Gasteiger partial charge in [0.05, 0.1) is 0 Å². The molecule has 13 heavy (non-hydrogen) atoms. The zero-order chi connectivity index (χ0) is 9.52. The van der Waals surface area contributed by atoms with Crippen LogP contribution in [-0.4, -0.2) is 37.6 Å². The van der Waals surface area contributed by atoms with Crippen LogP contribution in [0.3, 0.4) is 0 Å². The Hall–Kier alpha value is -0.0800. The summed E-state index contributed by atoms with van der Waals surface area (Å²) in [4.78, 5) is 2.65. The van der Waals surface area contributed by atoms with Crippen molar-refractivity contribution in [3.63, 3.8) is 0 Å². The van der Waals surface area contributed by atoms with Crippen LogP contribution in [0.4, 0.5) is 0 Å². The van der Waals surface area contributed by atoms with Crippen molar-refractivity contribution < 1.29 is 0 Å². The van der Waals surface area contributed by atoms with Gasteiger partial charge in [0.1, 0.15) is 0 Å².